The Morgan fingerprint density at radius 2 is 2.21 bits per heavy atom. The SMILES string of the molecule is Cc1cccc2c1C=CN1C(C)[C@H]1C2. The molecule has 1 fully saturated rings. The lowest BCUT2D eigenvalue weighted by Crippen LogP contribution is -1.99. The lowest BCUT2D eigenvalue weighted by molar-refractivity contribution is 0.655. The van der Waals surface area contributed by atoms with Gasteiger partial charge in [0.2, 0.25) is 0 Å². The van der Waals surface area contributed by atoms with Crippen molar-refractivity contribution in [2.24, 2.45) is 0 Å². The first-order chi connectivity index (χ1) is 6.77. The Morgan fingerprint density at radius 3 is 3.07 bits per heavy atom. The van der Waals surface area contributed by atoms with Crippen molar-refractivity contribution >= 4 is 6.08 Å². The van der Waals surface area contributed by atoms with Crippen molar-refractivity contribution in [1.82, 2.24) is 4.90 Å². The number of hydrogen-bond donors (Lipinski definition) is 0. The lowest BCUT2D eigenvalue weighted by Gasteiger charge is -2.06. The van der Waals surface area contributed by atoms with E-state index in [0.29, 0.717) is 0 Å². The Balaban J connectivity index is 2.07. The van der Waals surface area contributed by atoms with Crippen LogP contribution in [-0.2, 0) is 6.42 Å². The maximum atomic E-state index is 2.44. The highest BCUT2D eigenvalue weighted by molar-refractivity contribution is 5.59. The monoisotopic (exact) mass is 185 g/mol. The fourth-order valence-corrected chi connectivity index (χ4v) is 2.50. The van der Waals surface area contributed by atoms with Crippen LogP contribution in [0.2, 0.25) is 0 Å². The Morgan fingerprint density at radius 1 is 1.36 bits per heavy atom. The van der Waals surface area contributed by atoms with E-state index in [1.54, 1.807) is 0 Å². The first-order valence-electron chi connectivity index (χ1n) is 5.31. The molecule has 2 atom stereocenters. The van der Waals surface area contributed by atoms with E-state index < -0.39 is 0 Å². The minimum atomic E-state index is 0.750. The van der Waals surface area contributed by atoms with Gasteiger partial charge in [0.1, 0.15) is 0 Å². The van der Waals surface area contributed by atoms with E-state index in [1.165, 1.54) is 23.1 Å². The van der Waals surface area contributed by atoms with Gasteiger partial charge >= 0.3 is 0 Å². The van der Waals surface area contributed by atoms with Crippen LogP contribution in [0.5, 0.6) is 0 Å². The van der Waals surface area contributed by atoms with E-state index in [9.17, 15) is 0 Å². The molecule has 1 saturated heterocycles. The van der Waals surface area contributed by atoms with E-state index in [4.69, 9.17) is 0 Å². The van der Waals surface area contributed by atoms with E-state index in [1.807, 2.05) is 0 Å². The number of benzene rings is 1. The summed E-state index contributed by atoms with van der Waals surface area (Å²) in [5.74, 6) is 0. The molecule has 3 rings (SSSR count). The van der Waals surface area contributed by atoms with Gasteiger partial charge in [0.05, 0.1) is 6.04 Å². The molecule has 1 heteroatoms. The van der Waals surface area contributed by atoms with Crippen LogP contribution in [0.15, 0.2) is 24.4 Å². The molecule has 14 heavy (non-hydrogen) atoms. The van der Waals surface area contributed by atoms with Gasteiger partial charge in [-0.05, 0) is 43.0 Å². The summed E-state index contributed by atoms with van der Waals surface area (Å²) in [6, 6.07) is 8.14. The predicted molar refractivity (Wildman–Crippen MR) is 59.0 cm³/mol. The summed E-state index contributed by atoms with van der Waals surface area (Å²) in [7, 11) is 0. The van der Waals surface area contributed by atoms with Crippen LogP contribution in [0, 0.1) is 6.92 Å². The third-order valence-electron chi connectivity index (χ3n) is 3.58. The van der Waals surface area contributed by atoms with Crippen LogP contribution in [-0.4, -0.2) is 17.0 Å². The van der Waals surface area contributed by atoms with E-state index in [2.05, 4.69) is 49.2 Å². The number of nitrogens with zero attached hydrogens (tertiary/aromatic N) is 1. The summed E-state index contributed by atoms with van der Waals surface area (Å²) in [6.45, 7) is 4.49. The van der Waals surface area contributed by atoms with Crippen molar-refractivity contribution in [3.8, 4) is 0 Å². The molecule has 0 amide bonds. The average molecular weight is 185 g/mol. The highest BCUT2D eigenvalue weighted by Crippen LogP contribution is 2.36. The summed E-state index contributed by atoms with van der Waals surface area (Å²) in [5, 5.41) is 0. The second-order valence-corrected chi connectivity index (χ2v) is 4.42. The summed E-state index contributed by atoms with van der Waals surface area (Å²) < 4.78 is 0. The molecule has 0 aromatic heterocycles. The number of aryl methyl sites for hydroxylation is 1. The fraction of sp³-hybridized carbons (Fsp3) is 0.385. The van der Waals surface area contributed by atoms with Crippen LogP contribution in [0.4, 0.5) is 0 Å². The number of hydrogen-bond acceptors (Lipinski definition) is 1. The first kappa shape index (κ1) is 8.10. The van der Waals surface area contributed by atoms with E-state index >= 15 is 0 Å². The zero-order valence-electron chi connectivity index (χ0n) is 8.70. The van der Waals surface area contributed by atoms with Gasteiger partial charge in [0, 0.05) is 12.2 Å². The molecule has 0 N–H and O–H groups in total. The Bertz CT molecular complexity index is 406. The summed E-state index contributed by atoms with van der Waals surface area (Å²) in [4.78, 5) is 2.44. The van der Waals surface area contributed by atoms with E-state index in [0.717, 1.165) is 12.1 Å². The Labute approximate surface area is 85.0 Å². The quantitative estimate of drug-likeness (QED) is 0.561. The summed E-state index contributed by atoms with van der Waals surface area (Å²) >= 11 is 0. The molecule has 1 unspecified atom stereocenters. The molecule has 1 aromatic carbocycles. The maximum Gasteiger partial charge on any atom is 0.0529 e. The van der Waals surface area contributed by atoms with Crippen LogP contribution >= 0.6 is 0 Å². The molecule has 0 spiro atoms. The molecule has 2 aliphatic heterocycles. The molecule has 72 valence electrons. The van der Waals surface area contributed by atoms with Gasteiger partial charge in [-0.25, -0.2) is 0 Å². The van der Waals surface area contributed by atoms with Gasteiger partial charge in [-0.2, -0.15) is 0 Å². The van der Waals surface area contributed by atoms with Crippen molar-refractivity contribution in [3.05, 3.63) is 41.1 Å². The molecule has 0 bridgehead atoms. The summed E-state index contributed by atoms with van der Waals surface area (Å²) in [6.07, 6.45) is 5.74. The van der Waals surface area contributed by atoms with Crippen molar-refractivity contribution in [3.63, 3.8) is 0 Å². The smallest absolute Gasteiger partial charge is 0.0529 e. The average Bonchev–Trinajstić information content (AvgIpc) is 2.81. The number of rotatable bonds is 0. The van der Waals surface area contributed by atoms with Crippen molar-refractivity contribution in [1.29, 1.82) is 0 Å². The van der Waals surface area contributed by atoms with Crippen LogP contribution in [0.1, 0.15) is 23.6 Å². The van der Waals surface area contributed by atoms with Crippen molar-refractivity contribution in [2.45, 2.75) is 32.4 Å². The van der Waals surface area contributed by atoms with E-state index in [-0.39, 0.29) is 0 Å². The second-order valence-electron chi connectivity index (χ2n) is 4.42. The van der Waals surface area contributed by atoms with Gasteiger partial charge in [0.25, 0.3) is 0 Å². The largest absolute Gasteiger partial charge is 0.367 e. The van der Waals surface area contributed by atoms with Crippen molar-refractivity contribution in [2.75, 3.05) is 0 Å². The maximum absolute atomic E-state index is 2.44. The van der Waals surface area contributed by atoms with Gasteiger partial charge in [-0.1, -0.05) is 18.2 Å². The Kier molecular flexibility index (Phi) is 1.52. The highest BCUT2D eigenvalue weighted by Gasteiger charge is 2.42. The zero-order valence-corrected chi connectivity index (χ0v) is 8.70. The zero-order chi connectivity index (χ0) is 9.71. The molecule has 0 radical (unpaired) electrons. The summed E-state index contributed by atoms with van der Waals surface area (Å²) in [5.41, 5.74) is 4.35. The molecular formula is C13H15N. The third kappa shape index (κ3) is 1.02. The van der Waals surface area contributed by atoms with Gasteiger partial charge in [-0.15, -0.1) is 0 Å². The van der Waals surface area contributed by atoms with Crippen LogP contribution in [0.3, 0.4) is 0 Å². The molecule has 2 heterocycles. The predicted octanol–water partition coefficient (Wildman–Crippen LogP) is 2.59. The number of fused-ring (bicyclic) bond motifs is 2. The Hall–Kier alpha value is -1.24. The topological polar surface area (TPSA) is 3.01 Å². The first-order valence-corrected chi connectivity index (χ1v) is 5.31. The molecule has 0 saturated carbocycles. The fourth-order valence-electron chi connectivity index (χ4n) is 2.50. The van der Waals surface area contributed by atoms with Gasteiger partial charge < -0.3 is 4.90 Å². The standard InChI is InChI=1S/C13H15N/c1-9-4-3-5-11-8-13-10(2)14(13)7-6-12(9)11/h3-7,10,13H,8H2,1-2H3/t10?,13-,14?/m1/s1. The molecule has 1 aromatic rings. The molecular weight excluding hydrogens is 170 g/mol. The van der Waals surface area contributed by atoms with Crippen LogP contribution in [0.25, 0.3) is 6.08 Å². The minimum absolute atomic E-state index is 0.750. The molecule has 2 aliphatic rings. The van der Waals surface area contributed by atoms with Crippen molar-refractivity contribution < 1.29 is 0 Å². The lowest BCUT2D eigenvalue weighted by atomic mass is 9.98. The minimum Gasteiger partial charge on any atom is -0.367 e. The third-order valence-corrected chi connectivity index (χ3v) is 3.58. The normalized spacial score (nSPS) is 28.0. The second kappa shape index (κ2) is 2.63. The van der Waals surface area contributed by atoms with Gasteiger partial charge in [-0.3, -0.25) is 0 Å². The molecule has 0 aliphatic carbocycles. The van der Waals surface area contributed by atoms with Gasteiger partial charge in [0.15, 0.2) is 0 Å². The molecule has 1 nitrogen and oxygen atoms in total. The van der Waals surface area contributed by atoms with Crippen LogP contribution < -0.4 is 0 Å². The highest BCUT2D eigenvalue weighted by atomic mass is 15.3.